The van der Waals surface area contributed by atoms with Gasteiger partial charge in [0.2, 0.25) is 5.91 Å². The topological polar surface area (TPSA) is 53.0 Å². The van der Waals surface area contributed by atoms with E-state index >= 15 is 0 Å². The van der Waals surface area contributed by atoms with Gasteiger partial charge in [-0.25, -0.2) is 9.40 Å². The van der Waals surface area contributed by atoms with Crippen LogP contribution in [0.2, 0.25) is 0 Å². The highest BCUT2D eigenvalue weighted by Crippen LogP contribution is 2.33. The third kappa shape index (κ3) is 4.53. The van der Waals surface area contributed by atoms with Crippen molar-refractivity contribution in [2.45, 2.75) is 33.2 Å². The Kier molecular flexibility index (Phi) is 6.11. The summed E-state index contributed by atoms with van der Waals surface area (Å²) in [5.74, 6) is -0.965. The van der Waals surface area contributed by atoms with Crippen LogP contribution in [0.1, 0.15) is 43.0 Å². The van der Waals surface area contributed by atoms with Crippen LogP contribution in [0, 0.1) is 18.7 Å². The molecule has 29 heavy (non-hydrogen) atoms. The number of hydrogen-bond donors (Lipinski definition) is 0. The maximum absolute atomic E-state index is 14.3. The van der Waals surface area contributed by atoms with Crippen molar-refractivity contribution in [3.05, 3.63) is 71.0 Å². The summed E-state index contributed by atoms with van der Waals surface area (Å²) in [6.07, 6.45) is 0.414. The average Bonchev–Trinajstić information content (AvgIpc) is 3.13. The Morgan fingerprint density at radius 1 is 1.17 bits per heavy atom. The first-order valence-corrected chi connectivity index (χ1v) is 9.74. The van der Waals surface area contributed by atoms with Crippen molar-refractivity contribution in [2.75, 3.05) is 13.6 Å². The Hall–Kier alpha value is -3.02. The maximum Gasteiger partial charge on any atom is 0.262 e. The standard InChI is InChI=1S/C23H26FN3O2/c1-15(2)23(29)26(4)14-22(28)27-21(17-11-9-16(3)10-12-17)13-20(25-27)18-7-5-6-8-19(18)24/h5-12,15,21H,13-14H2,1-4H3. The first-order valence-electron chi connectivity index (χ1n) is 9.74. The number of benzene rings is 2. The van der Waals surface area contributed by atoms with Crippen molar-refractivity contribution >= 4 is 17.5 Å². The van der Waals surface area contributed by atoms with E-state index in [0.717, 1.165) is 11.1 Å². The highest BCUT2D eigenvalue weighted by atomic mass is 19.1. The number of amides is 2. The highest BCUT2D eigenvalue weighted by molar-refractivity contribution is 6.03. The number of aryl methyl sites for hydroxylation is 1. The molecule has 2 aromatic rings. The Bertz CT molecular complexity index is 937. The molecule has 0 N–H and O–H groups in total. The Morgan fingerprint density at radius 2 is 1.83 bits per heavy atom. The monoisotopic (exact) mass is 395 g/mol. The number of carbonyl (C=O) groups is 2. The second-order valence-corrected chi connectivity index (χ2v) is 7.74. The minimum atomic E-state index is -0.365. The van der Waals surface area contributed by atoms with Crippen LogP contribution in [0.3, 0.4) is 0 Å². The fraction of sp³-hybridized carbons (Fsp3) is 0.348. The summed E-state index contributed by atoms with van der Waals surface area (Å²) in [5.41, 5.74) is 2.96. The van der Waals surface area contributed by atoms with Crippen molar-refractivity contribution < 1.29 is 14.0 Å². The second kappa shape index (κ2) is 8.55. The maximum atomic E-state index is 14.3. The lowest BCUT2D eigenvalue weighted by molar-refractivity contribution is -0.142. The van der Waals surface area contributed by atoms with Crippen LogP contribution in [-0.2, 0) is 9.59 Å². The molecule has 0 bridgehead atoms. The quantitative estimate of drug-likeness (QED) is 0.770. The molecule has 2 aromatic carbocycles. The minimum absolute atomic E-state index is 0.0760. The van der Waals surface area contributed by atoms with Gasteiger partial charge >= 0.3 is 0 Å². The zero-order valence-corrected chi connectivity index (χ0v) is 17.2. The lowest BCUT2D eigenvalue weighted by Gasteiger charge is -2.25. The van der Waals surface area contributed by atoms with Crippen LogP contribution in [0.25, 0.3) is 0 Å². The van der Waals surface area contributed by atoms with Crippen LogP contribution in [0.15, 0.2) is 53.6 Å². The first kappa shape index (κ1) is 20.7. The fourth-order valence-corrected chi connectivity index (χ4v) is 3.44. The highest BCUT2D eigenvalue weighted by Gasteiger charge is 2.34. The largest absolute Gasteiger partial charge is 0.336 e. The molecule has 152 valence electrons. The van der Waals surface area contributed by atoms with Gasteiger partial charge in [0.05, 0.1) is 11.8 Å². The molecule has 5 nitrogen and oxygen atoms in total. The van der Waals surface area contributed by atoms with Gasteiger partial charge in [0.1, 0.15) is 12.4 Å². The van der Waals surface area contributed by atoms with Crippen molar-refractivity contribution in [2.24, 2.45) is 11.0 Å². The van der Waals surface area contributed by atoms with Crippen molar-refractivity contribution in [1.82, 2.24) is 9.91 Å². The predicted molar refractivity (Wildman–Crippen MR) is 111 cm³/mol. The molecule has 0 saturated heterocycles. The molecule has 1 aliphatic rings. The van der Waals surface area contributed by atoms with E-state index in [1.54, 1.807) is 39.1 Å². The van der Waals surface area contributed by atoms with Crippen LogP contribution < -0.4 is 0 Å². The summed E-state index contributed by atoms with van der Waals surface area (Å²) >= 11 is 0. The number of rotatable bonds is 5. The van der Waals surface area contributed by atoms with Crippen LogP contribution in [-0.4, -0.2) is 41.0 Å². The van der Waals surface area contributed by atoms with Gasteiger partial charge in [0.25, 0.3) is 5.91 Å². The number of hydrogen-bond acceptors (Lipinski definition) is 3. The second-order valence-electron chi connectivity index (χ2n) is 7.74. The van der Waals surface area contributed by atoms with Gasteiger partial charge in [-0.15, -0.1) is 0 Å². The van der Waals surface area contributed by atoms with E-state index in [4.69, 9.17) is 0 Å². The molecule has 1 unspecified atom stereocenters. The zero-order chi connectivity index (χ0) is 21.1. The molecule has 0 fully saturated rings. The molecule has 0 aromatic heterocycles. The van der Waals surface area contributed by atoms with Gasteiger partial charge in [-0.05, 0) is 18.6 Å². The number of carbonyl (C=O) groups excluding carboxylic acids is 2. The molecular formula is C23H26FN3O2. The summed E-state index contributed by atoms with van der Waals surface area (Å²) in [6.45, 7) is 5.51. The number of nitrogens with zero attached hydrogens (tertiary/aromatic N) is 3. The molecule has 1 atom stereocenters. The normalized spacial score (nSPS) is 16.1. The Morgan fingerprint density at radius 3 is 2.45 bits per heavy atom. The molecule has 3 rings (SSSR count). The smallest absolute Gasteiger partial charge is 0.262 e. The SMILES string of the molecule is Cc1ccc(C2CC(c3ccccc3F)=NN2C(=O)CN(C)C(=O)C(C)C)cc1. The van der Waals surface area contributed by atoms with E-state index in [0.29, 0.717) is 17.7 Å². The zero-order valence-electron chi connectivity index (χ0n) is 17.2. The number of hydrazone groups is 1. The summed E-state index contributed by atoms with van der Waals surface area (Å²) in [6, 6.07) is 14.0. The molecule has 6 heteroatoms. The van der Waals surface area contributed by atoms with Crippen molar-refractivity contribution in [1.29, 1.82) is 0 Å². The number of likely N-dealkylation sites (N-methyl/N-ethyl adjacent to an activating group) is 1. The van der Waals surface area contributed by atoms with Gasteiger partial charge in [-0.1, -0.05) is 61.9 Å². The lowest BCUT2D eigenvalue weighted by Crippen LogP contribution is -2.40. The van der Waals surface area contributed by atoms with Gasteiger partial charge in [-0.2, -0.15) is 5.10 Å². The Labute approximate surface area is 170 Å². The average molecular weight is 395 g/mol. The molecular weight excluding hydrogens is 369 g/mol. The van der Waals surface area contributed by atoms with Crippen LogP contribution >= 0.6 is 0 Å². The molecule has 0 saturated carbocycles. The molecule has 1 heterocycles. The van der Waals surface area contributed by atoms with E-state index < -0.39 is 0 Å². The van der Waals surface area contributed by atoms with Crippen LogP contribution in [0.4, 0.5) is 4.39 Å². The predicted octanol–water partition coefficient (Wildman–Crippen LogP) is 3.93. The minimum Gasteiger partial charge on any atom is -0.336 e. The summed E-state index contributed by atoms with van der Waals surface area (Å²) in [7, 11) is 1.61. The molecule has 0 spiro atoms. The number of halogens is 1. The summed E-state index contributed by atoms with van der Waals surface area (Å²) in [5, 5.41) is 5.88. The fourth-order valence-electron chi connectivity index (χ4n) is 3.44. The van der Waals surface area contributed by atoms with Crippen molar-refractivity contribution in [3.63, 3.8) is 0 Å². The third-order valence-corrected chi connectivity index (χ3v) is 5.06. The van der Waals surface area contributed by atoms with E-state index in [9.17, 15) is 14.0 Å². The van der Waals surface area contributed by atoms with Crippen LogP contribution in [0.5, 0.6) is 0 Å². The van der Waals surface area contributed by atoms with Gasteiger partial charge in [0.15, 0.2) is 0 Å². The Balaban J connectivity index is 1.91. The van der Waals surface area contributed by atoms with Crippen molar-refractivity contribution in [3.8, 4) is 0 Å². The molecule has 2 amide bonds. The third-order valence-electron chi connectivity index (χ3n) is 5.06. The van der Waals surface area contributed by atoms with E-state index in [1.165, 1.54) is 16.0 Å². The lowest BCUT2D eigenvalue weighted by atomic mass is 9.97. The van der Waals surface area contributed by atoms with E-state index in [2.05, 4.69) is 5.10 Å². The van der Waals surface area contributed by atoms with E-state index in [1.807, 2.05) is 31.2 Å². The summed E-state index contributed by atoms with van der Waals surface area (Å²) < 4.78 is 14.3. The van der Waals surface area contributed by atoms with E-state index in [-0.39, 0.29) is 36.1 Å². The van der Waals surface area contributed by atoms with Gasteiger partial charge in [-0.3, -0.25) is 9.59 Å². The van der Waals surface area contributed by atoms with Gasteiger partial charge < -0.3 is 4.90 Å². The molecule has 0 aliphatic carbocycles. The van der Waals surface area contributed by atoms with Gasteiger partial charge in [0, 0.05) is 24.9 Å². The molecule has 1 aliphatic heterocycles. The molecule has 0 radical (unpaired) electrons. The summed E-state index contributed by atoms with van der Waals surface area (Å²) in [4.78, 5) is 26.6. The first-order chi connectivity index (χ1) is 13.8.